The van der Waals surface area contributed by atoms with Crippen LogP contribution in [0.25, 0.3) is 0 Å². The number of piperidine rings is 1. The number of ether oxygens (including phenoxy) is 1. The minimum atomic E-state index is 0.0261. The van der Waals surface area contributed by atoms with Crippen molar-refractivity contribution in [2.75, 3.05) is 26.2 Å². The van der Waals surface area contributed by atoms with Crippen molar-refractivity contribution in [1.82, 2.24) is 0 Å². The van der Waals surface area contributed by atoms with E-state index in [0.717, 1.165) is 18.9 Å². The van der Waals surface area contributed by atoms with Crippen LogP contribution in [0.2, 0.25) is 0 Å². The summed E-state index contributed by atoms with van der Waals surface area (Å²) < 4.78 is 5.16. The average Bonchev–Trinajstić information content (AvgIpc) is 2.40. The smallest absolute Gasteiger partial charge is 0.314 e. The molecule has 0 amide bonds. The predicted molar refractivity (Wildman–Crippen MR) is 71.4 cm³/mol. The molecular formula is C15H26NO2+. The van der Waals surface area contributed by atoms with Crippen LogP contribution in [0.3, 0.4) is 0 Å². The molecule has 0 aromatic carbocycles. The maximum Gasteiger partial charge on any atom is 0.314 e. The first-order valence-electron chi connectivity index (χ1n) is 7.44. The zero-order valence-electron chi connectivity index (χ0n) is 11.5. The number of carbonyl (C=O) groups excluding carboxylic acids is 1. The van der Waals surface area contributed by atoms with E-state index in [4.69, 9.17) is 4.74 Å². The van der Waals surface area contributed by atoms with Crippen molar-refractivity contribution in [1.29, 1.82) is 0 Å². The molecule has 3 heteroatoms. The lowest BCUT2D eigenvalue weighted by atomic mass is 9.91. The van der Waals surface area contributed by atoms with Gasteiger partial charge in [-0.2, -0.15) is 0 Å². The molecule has 0 radical (unpaired) electrons. The number of esters is 1. The summed E-state index contributed by atoms with van der Waals surface area (Å²) in [5.74, 6) is 0.997. The Morgan fingerprint density at radius 2 is 2.28 bits per heavy atom. The van der Waals surface area contributed by atoms with Crippen LogP contribution in [0.5, 0.6) is 0 Å². The molecular weight excluding hydrogens is 226 g/mol. The maximum absolute atomic E-state index is 11.8. The first-order chi connectivity index (χ1) is 8.79. The van der Waals surface area contributed by atoms with Gasteiger partial charge in [0.15, 0.2) is 0 Å². The molecule has 1 unspecified atom stereocenters. The van der Waals surface area contributed by atoms with Crippen molar-refractivity contribution in [3.8, 4) is 0 Å². The van der Waals surface area contributed by atoms with Gasteiger partial charge in [-0.3, -0.25) is 4.79 Å². The first-order valence-corrected chi connectivity index (χ1v) is 7.44. The minimum Gasteiger partial charge on any atom is -0.466 e. The van der Waals surface area contributed by atoms with Crippen LogP contribution >= 0.6 is 0 Å². The van der Waals surface area contributed by atoms with Crippen LogP contribution in [0.15, 0.2) is 12.2 Å². The Bertz CT molecular complexity index is 301. The highest BCUT2D eigenvalue weighted by molar-refractivity contribution is 5.72. The molecule has 1 aliphatic heterocycles. The molecule has 3 atom stereocenters. The molecule has 0 aromatic heterocycles. The van der Waals surface area contributed by atoms with Crippen LogP contribution in [0, 0.1) is 11.8 Å². The van der Waals surface area contributed by atoms with Gasteiger partial charge >= 0.3 is 5.97 Å². The summed E-state index contributed by atoms with van der Waals surface area (Å²) >= 11 is 0. The number of likely N-dealkylation sites (tertiary alicyclic amines) is 1. The van der Waals surface area contributed by atoms with Crippen LogP contribution in [-0.4, -0.2) is 32.2 Å². The molecule has 1 heterocycles. The van der Waals surface area contributed by atoms with E-state index in [-0.39, 0.29) is 11.9 Å². The van der Waals surface area contributed by atoms with Crippen LogP contribution in [0.1, 0.15) is 39.0 Å². The number of allylic oxidation sites excluding steroid dienone is 2. The Balaban J connectivity index is 1.79. The number of quaternary nitrogens is 1. The number of nitrogens with one attached hydrogen (secondary N) is 1. The van der Waals surface area contributed by atoms with E-state index in [1.165, 1.54) is 38.8 Å². The SMILES string of the molecule is CCOC(=O)[C@@H]1CCC[NH+](C[C@H]2CC=CCC2)C1. The number of rotatable bonds is 4. The van der Waals surface area contributed by atoms with Gasteiger partial charge in [-0.15, -0.1) is 0 Å². The van der Waals surface area contributed by atoms with Gasteiger partial charge in [-0.05, 0) is 39.0 Å². The van der Waals surface area contributed by atoms with E-state index < -0.39 is 0 Å². The Hall–Kier alpha value is -0.830. The molecule has 1 aliphatic carbocycles. The van der Waals surface area contributed by atoms with Gasteiger partial charge in [0.25, 0.3) is 0 Å². The van der Waals surface area contributed by atoms with E-state index in [1.54, 1.807) is 4.90 Å². The summed E-state index contributed by atoms with van der Waals surface area (Å²) in [5, 5.41) is 0. The standard InChI is InChI=1S/C15H25NO2/c1-2-18-15(17)14-9-6-10-16(12-14)11-13-7-4-3-5-8-13/h3-4,13-14H,2,5-12H2,1H3/p+1/t13-,14+/m0/s1. The van der Waals surface area contributed by atoms with Gasteiger partial charge in [-0.25, -0.2) is 0 Å². The summed E-state index contributed by atoms with van der Waals surface area (Å²) in [7, 11) is 0. The zero-order valence-corrected chi connectivity index (χ0v) is 11.5. The van der Waals surface area contributed by atoms with Crippen molar-refractivity contribution < 1.29 is 14.4 Å². The Morgan fingerprint density at radius 1 is 1.39 bits per heavy atom. The monoisotopic (exact) mass is 252 g/mol. The van der Waals surface area contributed by atoms with Gasteiger partial charge in [0.05, 0.1) is 26.2 Å². The lowest BCUT2D eigenvalue weighted by molar-refractivity contribution is -0.911. The topological polar surface area (TPSA) is 30.7 Å². The second-order valence-corrected chi connectivity index (χ2v) is 5.65. The Morgan fingerprint density at radius 3 is 3.00 bits per heavy atom. The largest absolute Gasteiger partial charge is 0.466 e. The van der Waals surface area contributed by atoms with E-state index >= 15 is 0 Å². The molecule has 102 valence electrons. The van der Waals surface area contributed by atoms with Crippen molar-refractivity contribution in [2.24, 2.45) is 11.8 Å². The Kier molecular flexibility index (Phi) is 5.24. The van der Waals surface area contributed by atoms with E-state index in [2.05, 4.69) is 12.2 Å². The molecule has 2 rings (SSSR count). The second-order valence-electron chi connectivity index (χ2n) is 5.65. The third-order valence-electron chi connectivity index (χ3n) is 4.19. The molecule has 18 heavy (non-hydrogen) atoms. The van der Waals surface area contributed by atoms with Crippen LogP contribution in [-0.2, 0) is 9.53 Å². The first kappa shape index (κ1) is 13.6. The van der Waals surface area contributed by atoms with Gasteiger partial charge in [0, 0.05) is 5.92 Å². The summed E-state index contributed by atoms with van der Waals surface area (Å²) in [5.41, 5.74) is 0. The highest BCUT2D eigenvalue weighted by atomic mass is 16.5. The average molecular weight is 252 g/mol. The summed E-state index contributed by atoms with van der Waals surface area (Å²) in [6.07, 6.45) is 10.6. The number of hydrogen-bond donors (Lipinski definition) is 1. The van der Waals surface area contributed by atoms with Gasteiger partial charge in [0.2, 0.25) is 0 Å². The summed E-state index contributed by atoms with van der Waals surface area (Å²) in [6, 6.07) is 0. The fourth-order valence-electron chi connectivity index (χ4n) is 3.25. The van der Waals surface area contributed by atoms with Gasteiger partial charge in [0.1, 0.15) is 5.92 Å². The molecule has 3 nitrogen and oxygen atoms in total. The molecule has 2 aliphatic rings. The quantitative estimate of drug-likeness (QED) is 0.602. The van der Waals surface area contributed by atoms with Crippen molar-refractivity contribution in [2.45, 2.75) is 39.0 Å². The lowest BCUT2D eigenvalue weighted by Crippen LogP contribution is -3.14. The maximum atomic E-state index is 11.8. The van der Waals surface area contributed by atoms with Crippen LogP contribution < -0.4 is 4.90 Å². The van der Waals surface area contributed by atoms with E-state index in [0.29, 0.717) is 6.61 Å². The van der Waals surface area contributed by atoms with Crippen LogP contribution in [0.4, 0.5) is 0 Å². The third-order valence-corrected chi connectivity index (χ3v) is 4.19. The lowest BCUT2D eigenvalue weighted by Gasteiger charge is -2.31. The normalized spacial score (nSPS) is 32.2. The summed E-state index contributed by atoms with van der Waals surface area (Å²) in [4.78, 5) is 13.4. The highest BCUT2D eigenvalue weighted by Crippen LogP contribution is 2.17. The Labute approximate surface area is 110 Å². The fourth-order valence-corrected chi connectivity index (χ4v) is 3.25. The predicted octanol–water partition coefficient (Wildman–Crippen LogP) is 1.20. The molecule has 0 saturated carbocycles. The van der Waals surface area contributed by atoms with E-state index in [1.807, 2.05) is 6.92 Å². The molecule has 0 aromatic rings. The zero-order chi connectivity index (χ0) is 12.8. The van der Waals surface area contributed by atoms with Crippen molar-refractivity contribution in [3.05, 3.63) is 12.2 Å². The third kappa shape index (κ3) is 3.84. The number of carbonyl (C=O) groups is 1. The molecule has 1 saturated heterocycles. The highest BCUT2D eigenvalue weighted by Gasteiger charge is 2.30. The van der Waals surface area contributed by atoms with Gasteiger partial charge in [-0.1, -0.05) is 12.2 Å². The molecule has 0 bridgehead atoms. The van der Waals surface area contributed by atoms with Gasteiger partial charge < -0.3 is 9.64 Å². The fraction of sp³-hybridized carbons (Fsp3) is 0.800. The van der Waals surface area contributed by atoms with Crippen molar-refractivity contribution in [3.63, 3.8) is 0 Å². The molecule has 1 N–H and O–H groups in total. The molecule has 0 spiro atoms. The molecule has 1 fully saturated rings. The minimum absolute atomic E-state index is 0.0261. The van der Waals surface area contributed by atoms with E-state index in [9.17, 15) is 4.79 Å². The second kappa shape index (κ2) is 6.93. The summed E-state index contributed by atoms with van der Waals surface area (Å²) in [6.45, 7) is 5.85. The van der Waals surface area contributed by atoms with Crippen molar-refractivity contribution >= 4 is 5.97 Å². The number of hydrogen-bond acceptors (Lipinski definition) is 2.